The molecule has 3 nitrogen and oxygen atoms in total. The van der Waals surface area contributed by atoms with Crippen LogP contribution in [0.1, 0.15) is 0 Å². The number of pyridine rings is 1. The first-order valence-corrected chi connectivity index (χ1v) is 5.67. The lowest BCUT2D eigenvalue weighted by Gasteiger charge is -2.08. The number of phenols is 1. The maximum atomic E-state index is 9.56. The molecule has 0 fully saturated rings. The van der Waals surface area contributed by atoms with Crippen LogP contribution in [0, 0.1) is 0 Å². The fourth-order valence-corrected chi connectivity index (χ4v) is 1.73. The lowest BCUT2D eigenvalue weighted by atomic mass is 10.3. The van der Waals surface area contributed by atoms with E-state index in [0.29, 0.717) is 10.0 Å². The molecule has 1 aromatic carbocycles. The number of phenolic OH excluding ortho intramolecular Hbond substituents is 1. The minimum Gasteiger partial charge on any atom is -0.504 e. The van der Waals surface area contributed by atoms with Crippen LogP contribution in [-0.2, 0) is 0 Å². The summed E-state index contributed by atoms with van der Waals surface area (Å²) in [6.07, 6.45) is 1.39. The Morgan fingerprint density at radius 2 is 1.82 bits per heavy atom. The lowest BCUT2D eigenvalue weighted by Crippen LogP contribution is -1.89. The topological polar surface area (TPSA) is 42.4 Å². The van der Waals surface area contributed by atoms with Crippen LogP contribution in [-0.4, -0.2) is 10.1 Å². The molecular weight excluding hydrogens is 284 g/mol. The Labute approximate surface area is 113 Å². The second kappa shape index (κ2) is 5.00. The fourth-order valence-electron chi connectivity index (χ4n) is 1.15. The van der Waals surface area contributed by atoms with Crippen molar-refractivity contribution in [3.05, 3.63) is 45.5 Å². The molecule has 0 aliphatic carbocycles. The number of aromatic hydroxyl groups is 1. The van der Waals surface area contributed by atoms with Gasteiger partial charge in [-0.05, 0) is 18.2 Å². The van der Waals surface area contributed by atoms with Crippen LogP contribution in [0.5, 0.6) is 17.4 Å². The first-order valence-electron chi connectivity index (χ1n) is 4.53. The van der Waals surface area contributed by atoms with Gasteiger partial charge in [-0.3, -0.25) is 0 Å². The SMILES string of the molecule is Oc1ccc(Cl)cc1Oc1ncc(Cl)cc1Cl. The number of benzene rings is 1. The number of hydrogen-bond acceptors (Lipinski definition) is 3. The van der Waals surface area contributed by atoms with Crippen molar-refractivity contribution >= 4 is 34.8 Å². The molecule has 0 radical (unpaired) electrons. The third kappa shape index (κ3) is 2.94. The van der Waals surface area contributed by atoms with E-state index in [1.807, 2.05) is 0 Å². The lowest BCUT2D eigenvalue weighted by molar-refractivity contribution is 0.403. The fraction of sp³-hybridized carbons (Fsp3) is 0. The molecule has 0 aliphatic heterocycles. The van der Waals surface area contributed by atoms with Crippen molar-refractivity contribution < 1.29 is 9.84 Å². The van der Waals surface area contributed by atoms with Gasteiger partial charge in [0.05, 0.1) is 5.02 Å². The van der Waals surface area contributed by atoms with Gasteiger partial charge < -0.3 is 9.84 Å². The quantitative estimate of drug-likeness (QED) is 0.883. The van der Waals surface area contributed by atoms with Gasteiger partial charge in [-0.1, -0.05) is 34.8 Å². The summed E-state index contributed by atoms with van der Waals surface area (Å²) in [5.41, 5.74) is 0. The number of ether oxygens (including phenoxy) is 1. The van der Waals surface area contributed by atoms with Gasteiger partial charge in [0.1, 0.15) is 5.02 Å². The highest BCUT2D eigenvalue weighted by molar-refractivity contribution is 6.35. The first kappa shape index (κ1) is 12.3. The van der Waals surface area contributed by atoms with Gasteiger partial charge in [-0.2, -0.15) is 0 Å². The molecule has 0 amide bonds. The molecule has 1 N–H and O–H groups in total. The Morgan fingerprint density at radius 1 is 1.06 bits per heavy atom. The van der Waals surface area contributed by atoms with Crippen LogP contribution in [0.15, 0.2) is 30.5 Å². The largest absolute Gasteiger partial charge is 0.504 e. The number of rotatable bonds is 2. The summed E-state index contributed by atoms with van der Waals surface area (Å²) in [5, 5.41) is 10.6. The van der Waals surface area contributed by atoms with E-state index in [1.54, 1.807) is 6.07 Å². The van der Waals surface area contributed by atoms with Gasteiger partial charge in [-0.15, -0.1) is 0 Å². The van der Waals surface area contributed by atoms with Crippen molar-refractivity contribution in [2.24, 2.45) is 0 Å². The van der Waals surface area contributed by atoms with E-state index < -0.39 is 0 Å². The van der Waals surface area contributed by atoms with Crippen LogP contribution in [0.25, 0.3) is 0 Å². The highest BCUT2D eigenvalue weighted by atomic mass is 35.5. The molecule has 0 spiro atoms. The molecule has 6 heteroatoms. The average Bonchev–Trinajstić information content (AvgIpc) is 2.27. The van der Waals surface area contributed by atoms with Crippen molar-refractivity contribution in [1.29, 1.82) is 0 Å². The number of hydrogen-bond donors (Lipinski definition) is 1. The van der Waals surface area contributed by atoms with Crippen LogP contribution < -0.4 is 4.74 Å². The predicted molar refractivity (Wildman–Crippen MR) is 67.4 cm³/mol. The minimum atomic E-state index is -0.0535. The van der Waals surface area contributed by atoms with Crippen molar-refractivity contribution in [1.82, 2.24) is 4.98 Å². The maximum Gasteiger partial charge on any atom is 0.238 e. The summed E-state index contributed by atoms with van der Waals surface area (Å²) in [7, 11) is 0. The smallest absolute Gasteiger partial charge is 0.238 e. The molecule has 0 saturated carbocycles. The van der Waals surface area contributed by atoms with E-state index in [4.69, 9.17) is 39.5 Å². The Kier molecular flexibility index (Phi) is 3.62. The van der Waals surface area contributed by atoms with E-state index in [-0.39, 0.29) is 22.4 Å². The normalized spacial score (nSPS) is 10.3. The molecular formula is C11H6Cl3NO2. The Balaban J connectivity index is 2.34. The third-order valence-corrected chi connectivity index (χ3v) is 2.62. The van der Waals surface area contributed by atoms with Crippen molar-refractivity contribution in [2.75, 3.05) is 0 Å². The van der Waals surface area contributed by atoms with Crippen LogP contribution in [0.3, 0.4) is 0 Å². The van der Waals surface area contributed by atoms with Gasteiger partial charge in [0.25, 0.3) is 0 Å². The second-order valence-electron chi connectivity index (χ2n) is 3.15. The van der Waals surface area contributed by atoms with Crippen LogP contribution in [0.2, 0.25) is 15.1 Å². The zero-order chi connectivity index (χ0) is 12.4. The van der Waals surface area contributed by atoms with E-state index in [0.717, 1.165) is 0 Å². The molecule has 0 saturated heterocycles. The van der Waals surface area contributed by atoms with Gasteiger partial charge in [0.15, 0.2) is 11.5 Å². The molecule has 0 atom stereocenters. The van der Waals surface area contributed by atoms with Gasteiger partial charge in [0, 0.05) is 17.3 Å². The van der Waals surface area contributed by atoms with Crippen molar-refractivity contribution in [3.63, 3.8) is 0 Å². The Bertz CT molecular complexity index is 560. The van der Waals surface area contributed by atoms with Crippen molar-refractivity contribution in [3.8, 4) is 17.4 Å². The first-order chi connectivity index (χ1) is 8.06. The highest BCUT2D eigenvalue weighted by Crippen LogP contribution is 2.35. The number of aromatic nitrogens is 1. The van der Waals surface area contributed by atoms with Crippen molar-refractivity contribution in [2.45, 2.75) is 0 Å². The van der Waals surface area contributed by atoms with Gasteiger partial charge >= 0.3 is 0 Å². The van der Waals surface area contributed by atoms with E-state index in [1.165, 1.54) is 24.4 Å². The van der Waals surface area contributed by atoms with E-state index >= 15 is 0 Å². The molecule has 0 unspecified atom stereocenters. The van der Waals surface area contributed by atoms with Crippen LogP contribution >= 0.6 is 34.8 Å². The molecule has 88 valence electrons. The van der Waals surface area contributed by atoms with E-state index in [9.17, 15) is 5.11 Å². The predicted octanol–water partition coefficient (Wildman–Crippen LogP) is 4.54. The third-order valence-electron chi connectivity index (χ3n) is 1.90. The Hall–Kier alpha value is -1.16. The average molecular weight is 291 g/mol. The molecule has 2 rings (SSSR count). The molecule has 0 aliphatic rings. The maximum absolute atomic E-state index is 9.56. The molecule has 2 aromatic rings. The molecule has 0 bridgehead atoms. The van der Waals surface area contributed by atoms with Gasteiger partial charge in [-0.25, -0.2) is 4.98 Å². The molecule has 1 heterocycles. The zero-order valence-electron chi connectivity index (χ0n) is 8.32. The summed E-state index contributed by atoms with van der Waals surface area (Å²) >= 11 is 17.4. The zero-order valence-corrected chi connectivity index (χ0v) is 10.6. The molecule has 1 aromatic heterocycles. The summed E-state index contributed by atoms with van der Waals surface area (Å²) in [5.74, 6) is 0.269. The standard InChI is InChI=1S/C11H6Cl3NO2/c12-6-1-2-9(16)10(4-6)17-11-8(14)3-7(13)5-15-11/h1-5,16H. The monoisotopic (exact) mass is 289 g/mol. The summed E-state index contributed by atoms with van der Waals surface area (Å²) < 4.78 is 5.34. The van der Waals surface area contributed by atoms with E-state index in [2.05, 4.69) is 4.98 Å². The number of nitrogens with zero attached hydrogens (tertiary/aromatic N) is 1. The molecule has 17 heavy (non-hydrogen) atoms. The second-order valence-corrected chi connectivity index (χ2v) is 4.43. The Morgan fingerprint density at radius 3 is 2.53 bits per heavy atom. The number of halogens is 3. The highest BCUT2D eigenvalue weighted by Gasteiger charge is 2.09. The van der Waals surface area contributed by atoms with Gasteiger partial charge in [0.2, 0.25) is 5.88 Å². The summed E-state index contributed by atoms with van der Waals surface area (Å²) in [4.78, 5) is 3.90. The summed E-state index contributed by atoms with van der Waals surface area (Å²) in [6.45, 7) is 0. The minimum absolute atomic E-state index is 0.0535. The summed E-state index contributed by atoms with van der Waals surface area (Å²) in [6, 6.07) is 5.92. The van der Waals surface area contributed by atoms with Crippen LogP contribution in [0.4, 0.5) is 0 Å².